The fourth-order valence-electron chi connectivity index (χ4n) is 2.55. The number of amides is 1. The first-order valence-corrected chi connectivity index (χ1v) is 8.29. The van der Waals surface area contributed by atoms with Crippen LogP contribution in [0.3, 0.4) is 0 Å². The van der Waals surface area contributed by atoms with Gasteiger partial charge in [0.25, 0.3) is 0 Å². The maximum Gasteiger partial charge on any atom is 0.228 e. The van der Waals surface area contributed by atoms with Gasteiger partial charge in [0.1, 0.15) is 0 Å². The van der Waals surface area contributed by atoms with Crippen molar-refractivity contribution < 1.29 is 4.79 Å². The number of pyridine rings is 1. The molecule has 0 saturated heterocycles. The van der Waals surface area contributed by atoms with Gasteiger partial charge in [-0.25, -0.2) is 0 Å². The highest BCUT2D eigenvalue weighted by Crippen LogP contribution is 2.15. The Hall–Kier alpha value is -3.14. The quantitative estimate of drug-likeness (QED) is 0.712. The molecule has 1 heterocycles. The first-order valence-electron chi connectivity index (χ1n) is 8.29. The number of nitrogens with zero attached hydrogens (tertiary/aromatic N) is 1. The Morgan fingerprint density at radius 2 is 1.64 bits per heavy atom. The van der Waals surface area contributed by atoms with Gasteiger partial charge in [-0.3, -0.25) is 9.78 Å². The van der Waals surface area contributed by atoms with E-state index in [9.17, 15) is 4.79 Å². The maximum atomic E-state index is 12.2. The van der Waals surface area contributed by atoms with Gasteiger partial charge in [-0.05, 0) is 54.4 Å². The lowest BCUT2D eigenvalue weighted by Gasteiger charge is -2.09. The second-order valence-corrected chi connectivity index (χ2v) is 5.90. The molecule has 0 unspecified atom stereocenters. The van der Waals surface area contributed by atoms with Crippen LogP contribution in [0.25, 0.3) is 0 Å². The standard InChI is InChI=1S/C21H21N3O/c1-16-6-2-3-7-17(16)14-21(25)24-19-11-9-18(10-12-19)23-15-20-8-4-5-13-22-20/h2-13,23H,14-15H2,1H3,(H,24,25). The van der Waals surface area contributed by atoms with Gasteiger partial charge in [0.05, 0.1) is 18.7 Å². The number of anilines is 2. The summed E-state index contributed by atoms with van der Waals surface area (Å²) in [6.07, 6.45) is 2.16. The predicted octanol–water partition coefficient (Wildman–Crippen LogP) is 4.18. The summed E-state index contributed by atoms with van der Waals surface area (Å²) in [5.74, 6) is -0.0107. The molecule has 0 aliphatic carbocycles. The Kier molecular flexibility index (Phi) is 5.42. The maximum absolute atomic E-state index is 12.2. The van der Waals surface area contributed by atoms with Crippen molar-refractivity contribution in [1.29, 1.82) is 0 Å². The summed E-state index contributed by atoms with van der Waals surface area (Å²) in [6.45, 7) is 2.69. The van der Waals surface area contributed by atoms with Crippen LogP contribution in [0, 0.1) is 6.92 Å². The van der Waals surface area contributed by atoms with Crippen LogP contribution < -0.4 is 10.6 Å². The molecule has 3 rings (SSSR count). The molecule has 1 amide bonds. The van der Waals surface area contributed by atoms with E-state index in [1.54, 1.807) is 6.20 Å². The number of aromatic nitrogens is 1. The highest BCUT2D eigenvalue weighted by molar-refractivity contribution is 5.92. The van der Waals surface area contributed by atoms with Gasteiger partial charge in [-0.1, -0.05) is 30.3 Å². The average Bonchev–Trinajstić information content (AvgIpc) is 2.64. The molecular weight excluding hydrogens is 310 g/mol. The number of rotatable bonds is 6. The largest absolute Gasteiger partial charge is 0.379 e. The Morgan fingerprint density at radius 1 is 0.920 bits per heavy atom. The van der Waals surface area contributed by atoms with Gasteiger partial charge in [0, 0.05) is 17.6 Å². The van der Waals surface area contributed by atoms with Crippen LogP contribution in [-0.4, -0.2) is 10.9 Å². The molecule has 1 aromatic heterocycles. The second kappa shape index (κ2) is 8.11. The zero-order valence-corrected chi connectivity index (χ0v) is 14.2. The summed E-state index contributed by atoms with van der Waals surface area (Å²) in [6, 6.07) is 21.5. The van der Waals surface area contributed by atoms with E-state index in [-0.39, 0.29) is 5.91 Å². The van der Waals surface area contributed by atoms with E-state index in [1.165, 1.54) is 0 Å². The third kappa shape index (κ3) is 4.91. The highest BCUT2D eigenvalue weighted by atomic mass is 16.1. The third-order valence-corrected chi connectivity index (χ3v) is 3.98. The molecule has 2 N–H and O–H groups in total. The predicted molar refractivity (Wildman–Crippen MR) is 102 cm³/mol. The SMILES string of the molecule is Cc1ccccc1CC(=O)Nc1ccc(NCc2ccccn2)cc1. The van der Waals surface area contributed by atoms with Crippen molar-refractivity contribution in [3.63, 3.8) is 0 Å². The van der Waals surface area contributed by atoms with Gasteiger partial charge >= 0.3 is 0 Å². The van der Waals surface area contributed by atoms with E-state index < -0.39 is 0 Å². The van der Waals surface area contributed by atoms with Gasteiger partial charge in [0.2, 0.25) is 5.91 Å². The molecule has 0 radical (unpaired) electrons. The minimum atomic E-state index is -0.0107. The van der Waals surface area contributed by atoms with Crippen LogP contribution >= 0.6 is 0 Å². The number of hydrogen-bond acceptors (Lipinski definition) is 3. The number of aryl methyl sites for hydroxylation is 1. The lowest BCUT2D eigenvalue weighted by molar-refractivity contribution is -0.115. The highest BCUT2D eigenvalue weighted by Gasteiger charge is 2.06. The van der Waals surface area contributed by atoms with E-state index in [1.807, 2.05) is 73.7 Å². The lowest BCUT2D eigenvalue weighted by Crippen LogP contribution is -2.15. The fourth-order valence-corrected chi connectivity index (χ4v) is 2.55. The summed E-state index contributed by atoms with van der Waals surface area (Å²) < 4.78 is 0. The molecule has 3 aromatic rings. The Labute approximate surface area is 147 Å². The molecule has 0 atom stereocenters. The minimum Gasteiger partial charge on any atom is -0.379 e. The first kappa shape index (κ1) is 16.7. The average molecular weight is 331 g/mol. The number of nitrogens with one attached hydrogen (secondary N) is 2. The van der Waals surface area contributed by atoms with Gasteiger partial charge in [-0.15, -0.1) is 0 Å². The topological polar surface area (TPSA) is 54.0 Å². The van der Waals surface area contributed by atoms with Crippen molar-refractivity contribution in [3.8, 4) is 0 Å². The summed E-state index contributed by atoms with van der Waals surface area (Å²) in [4.78, 5) is 16.5. The first-order chi connectivity index (χ1) is 12.2. The molecule has 0 aliphatic rings. The van der Waals surface area contributed by atoms with E-state index in [0.717, 1.165) is 28.2 Å². The molecular formula is C21H21N3O. The molecule has 0 bridgehead atoms. The van der Waals surface area contributed by atoms with E-state index in [0.29, 0.717) is 13.0 Å². The lowest BCUT2D eigenvalue weighted by atomic mass is 10.1. The smallest absolute Gasteiger partial charge is 0.228 e. The van der Waals surface area contributed by atoms with Crippen molar-refractivity contribution in [3.05, 3.63) is 89.7 Å². The molecule has 25 heavy (non-hydrogen) atoms. The molecule has 4 heteroatoms. The molecule has 126 valence electrons. The third-order valence-electron chi connectivity index (χ3n) is 3.98. The molecule has 0 spiro atoms. The van der Waals surface area contributed by atoms with Crippen molar-refractivity contribution in [1.82, 2.24) is 4.98 Å². The Bertz CT molecular complexity index is 829. The minimum absolute atomic E-state index is 0.0107. The number of carbonyl (C=O) groups is 1. The zero-order valence-electron chi connectivity index (χ0n) is 14.2. The van der Waals surface area contributed by atoms with Crippen LogP contribution in [0.15, 0.2) is 72.9 Å². The Balaban J connectivity index is 1.53. The van der Waals surface area contributed by atoms with Crippen LogP contribution in [-0.2, 0) is 17.8 Å². The van der Waals surface area contributed by atoms with Gasteiger partial charge < -0.3 is 10.6 Å². The summed E-state index contributed by atoms with van der Waals surface area (Å²) >= 11 is 0. The van der Waals surface area contributed by atoms with E-state index in [4.69, 9.17) is 0 Å². The van der Waals surface area contributed by atoms with Crippen molar-refractivity contribution in [2.24, 2.45) is 0 Å². The van der Waals surface area contributed by atoms with Gasteiger partial charge in [-0.2, -0.15) is 0 Å². The van der Waals surface area contributed by atoms with Crippen LogP contribution in [0.4, 0.5) is 11.4 Å². The van der Waals surface area contributed by atoms with Crippen molar-refractivity contribution >= 4 is 17.3 Å². The zero-order chi connectivity index (χ0) is 17.5. The van der Waals surface area contributed by atoms with Crippen molar-refractivity contribution in [2.45, 2.75) is 19.9 Å². The molecule has 0 fully saturated rings. The summed E-state index contributed by atoms with van der Waals surface area (Å²) in [5.41, 5.74) is 4.95. The van der Waals surface area contributed by atoms with E-state index in [2.05, 4.69) is 15.6 Å². The molecule has 0 saturated carbocycles. The second-order valence-electron chi connectivity index (χ2n) is 5.90. The van der Waals surface area contributed by atoms with Gasteiger partial charge in [0.15, 0.2) is 0 Å². The molecule has 4 nitrogen and oxygen atoms in total. The summed E-state index contributed by atoms with van der Waals surface area (Å²) in [7, 11) is 0. The normalized spacial score (nSPS) is 10.3. The number of carbonyl (C=O) groups excluding carboxylic acids is 1. The van der Waals surface area contributed by atoms with Crippen LogP contribution in [0.1, 0.15) is 16.8 Å². The fraction of sp³-hybridized carbons (Fsp3) is 0.143. The molecule has 0 aliphatic heterocycles. The molecule has 2 aromatic carbocycles. The van der Waals surface area contributed by atoms with Crippen molar-refractivity contribution in [2.75, 3.05) is 10.6 Å². The van der Waals surface area contributed by atoms with E-state index >= 15 is 0 Å². The Morgan fingerprint density at radius 3 is 2.36 bits per heavy atom. The van der Waals surface area contributed by atoms with Crippen LogP contribution in [0.2, 0.25) is 0 Å². The monoisotopic (exact) mass is 331 g/mol. The number of hydrogen-bond donors (Lipinski definition) is 2. The number of benzene rings is 2. The van der Waals surface area contributed by atoms with Crippen LogP contribution in [0.5, 0.6) is 0 Å². The summed E-state index contributed by atoms with van der Waals surface area (Å²) in [5, 5.41) is 6.25.